The molecule has 28 heavy (non-hydrogen) atoms. The van der Waals surface area contributed by atoms with Crippen molar-refractivity contribution in [2.75, 3.05) is 14.2 Å². The van der Waals surface area contributed by atoms with E-state index in [9.17, 15) is 4.79 Å². The van der Waals surface area contributed by atoms with E-state index >= 15 is 0 Å². The Hall–Kier alpha value is -3.32. The molecule has 1 N–H and O–H groups in total. The zero-order valence-corrected chi connectivity index (χ0v) is 16.3. The molecule has 0 saturated carbocycles. The number of rotatable bonds is 6. The van der Waals surface area contributed by atoms with E-state index in [0.29, 0.717) is 12.2 Å². The van der Waals surface area contributed by atoms with Crippen LogP contribution in [-0.4, -0.2) is 29.5 Å². The maximum absolute atomic E-state index is 12.4. The Bertz CT molecular complexity index is 1100. The highest BCUT2D eigenvalue weighted by Gasteiger charge is 2.14. The number of carbonyl (C=O) groups is 1. The van der Waals surface area contributed by atoms with E-state index in [2.05, 4.69) is 10.3 Å². The summed E-state index contributed by atoms with van der Waals surface area (Å²) in [5, 5.41) is 2.90. The van der Waals surface area contributed by atoms with E-state index < -0.39 is 0 Å². The average Bonchev–Trinajstić information content (AvgIpc) is 3.32. The van der Waals surface area contributed by atoms with Crippen molar-refractivity contribution in [3.05, 3.63) is 72.2 Å². The number of nitrogens with zero attached hydrogens (tertiary/aromatic N) is 2. The number of carbonyl (C=O) groups excluding carboxylic acids is 1. The zero-order valence-electron chi connectivity index (χ0n) is 15.5. The molecule has 0 saturated heterocycles. The maximum atomic E-state index is 12.4. The monoisotopic (exact) mass is 393 g/mol. The number of fused-ring (bicyclic) bond motifs is 1. The van der Waals surface area contributed by atoms with Gasteiger partial charge in [0.25, 0.3) is 5.91 Å². The summed E-state index contributed by atoms with van der Waals surface area (Å²) in [5.41, 5.74) is 2.42. The lowest BCUT2D eigenvalue weighted by Crippen LogP contribution is -2.23. The normalized spacial score (nSPS) is 10.8. The Morgan fingerprint density at radius 3 is 2.57 bits per heavy atom. The first kappa shape index (κ1) is 18.1. The fraction of sp³-hybridized carbons (Fsp3) is 0.143. The molecule has 4 rings (SSSR count). The molecule has 0 aliphatic carbocycles. The lowest BCUT2D eigenvalue weighted by Gasteiger charge is -2.05. The van der Waals surface area contributed by atoms with Gasteiger partial charge in [-0.25, -0.2) is 4.98 Å². The van der Waals surface area contributed by atoms with Crippen molar-refractivity contribution < 1.29 is 14.3 Å². The van der Waals surface area contributed by atoms with Gasteiger partial charge < -0.3 is 14.8 Å². The molecule has 0 aliphatic heterocycles. The average molecular weight is 393 g/mol. The van der Waals surface area contributed by atoms with Crippen molar-refractivity contribution in [1.82, 2.24) is 14.7 Å². The number of hydrogen-bond acceptors (Lipinski definition) is 5. The number of imidazole rings is 1. The number of methoxy groups -OCH3 is 2. The molecule has 0 spiro atoms. The van der Waals surface area contributed by atoms with Gasteiger partial charge in [-0.3, -0.25) is 9.20 Å². The first-order valence-electron chi connectivity index (χ1n) is 8.70. The second kappa shape index (κ2) is 7.74. The van der Waals surface area contributed by atoms with Crippen LogP contribution in [0.1, 0.15) is 16.1 Å². The minimum Gasteiger partial charge on any atom is -0.497 e. The molecule has 4 aromatic rings. The van der Waals surface area contributed by atoms with Gasteiger partial charge in [-0.05, 0) is 35.4 Å². The van der Waals surface area contributed by atoms with Gasteiger partial charge in [0.15, 0.2) is 4.96 Å². The Morgan fingerprint density at radius 2 is 1.82 bits per heavy atom. The van der Waals surface area contributed by atoms with Crippen molar-refractivity contribution in [2.24, 2.45) is 0 Å². The zero-order chi connectivity index (χ0) is 19.5. The van der Waals surface area contributed by atoms with E-state index in [0.717, 1.165) is 32.5 Å². The molecule has 2 aromatic heterocycles. The summed E-state index contributed by atoms with van der Waals surface area (Å²) in [6.45, 7) is 0.413. The number of thiazole rings is 1. The Balaban J connectivity index is 1.48. The van der Waals surface area contributed by atoms with Crippen LogP contribution in [-0.2, 0) is 6.54 Å². The van der Waals surface area contributed by atoms with Gasteiger partial charge in [-0.2, -0.15) is 0 Å². The Kier molecular flexibility index (Phi) is 4.99. The minimum absolute atomic E-state index is 0.207. The third-order valence-corrected chi connectivity index (χ3v) is 5.38. The van der Waals surface area contributed by atoms with E-state index in [1.54, 1.807) is 20.4 Å². The third kappa shape index (κ3) is 3.70. The number of nitrogens with one attached hydrogen (secondary N) is 1. The van der Waals surface area contributed by atoms with E-state index in [-0.39, 0.29) is 5.91 Å². The van der Waals surface area contributed by atoms with Crippen LogP contribution in [0.15, 0.2) is 60.9 Å². The highest BCUT2D eigenvalue weighted by atomic mass is 32.1. The Morgan fingerprint density at radius 1 is 1.07 bits per heavy atom. The van der Waals surface area contributed by atoms with Crippen LogP contribution in [0.25, 0.3) is 15.4 Å². The highest BCUT2D eigenvalue weighted by molar-refractivity contribution is 7.20. The van der Waals surface area contributed by atoms with E-state index in [1.165, 1.54) is 11.3 Å². The minimum atomic E-state index is -0.207. The van der Waals surface area contributed by atoms with Gasteiger partial charge >= 0.3 is 0 Å². The van der Waals surface area contributed by atoms with Crippen LogP contribution in [0, 0.1) is 0 Å². The van der Waals surface area contributed by atoms with Crippen molar-refractivity contribution >= 4 is 22.2 Å². The molecule has 7 heteroatoms. The molecule has 6 nitrogen and oxygen atoms in total. The number of ether oxygens (including phenoxy) is 2. The largest absolute Gasteiger partial charge is 0.497 e. The van der Waals surface area contributed by atoms with Gasteiger partial charge in [0, 0.05) is 18.9 Å². The van der Waals surface area contributed by atoms with Gasteiger partial charge in [-0.1, -0.05) is 35.6 Å². The van der Waals surface area contributed by atoms with Crippen molar-refractivity contribution in [2.45, 2.75) is 6.54 Å². The summed E-state index contributed by atoms with van der Waals surface area (Å²) in [6, 6.07) is 15.5. The molecular formula is C21H19N3O3S. The molecule has 2 heterocycles. The summed E-state index contributed by atoms with van der Waals surface area (Å²) in [5.74, 6) is 1.36. The van der Waals surface area contributed by atoms with Gasteiger partial charge in [0.2, 0.25) is 0 Å². The van der Waals surface area contributed by atoms with Gasteiger partial charge in [0.1, 0.15) is 17.2 Å². The van der Waals surface area contributed by atoms with Crippen molar-refractivity contribution in [3.8, 4) is 21.9 Å². The molecule has 0 bridgehead atoms. The maximum Gasteiger partial charge on any atom is 0.271 e. The van der Waals surface area contributed by atoms with Crippen LogP contribution in [0.3, 0.4) is 0 Å². The summed E-state index contributed by atoms with van der Waals surface area (Å²) < 4.78 is 12.4. The lowest BCUT2D eigenvalue weighted by atomic mass is 10.2. The lowest BCUT2D eigenvalue weighted by molar-refractivity contribution is 0.0946. The summed E-state index contributed by atoms with van der Waals surface area (Å²) >= 11 is 1.53. The number of amides is 1. The Labute approximate surface area is 166 Å². The summed E-state index contributed by atoms with van der Waals surface area (Å²) in [4.78, 5) is 18.7. The molecule has 2 aromatic carbocycles. The fourth-order valence-electron chi connectivity index (χ4n) is 2.87. The quantitative estimate of drug-likeness (QED) is 0.538. The predicted molar refractivity (Wildman–Crippen MR) is 109 cm³/mol. The first-order chi connectivity index (χ1) is 13.7. The predicted octanol–water partition coefficient (Wildman–Crippen LogP) is 4.01. The molecule has 1 amide bonds. The third-order valence-electron chi connectivity index (χ3n) is 4.33. The second-order valence-electron chi connectivity index (χ2n) is 6.18. The molecule has 142 valence electrons. The van der Waals surface area contributed by atoms with Crippen molar-refractivity contribution in [1.29, 1.82) is 0 Å². The molecule has 0 atom stereocenters. The highest BCUT2D eigenvalue weighted by Crippen LogP contribution is 2.30. The molecule has 0 unspecified atom stereocenters. The van der Waals surface area contributed by atoms with Gasteiger partial charge in [0.05, 0.1) is 19.1 Å². The first-order valence-corrected chi connectivity index (χ1v) is 9.52. The van der Waals surface area contributed by atoms with Crippen LogP contribution in [0.4, 0.5) is 0 Å². The number of hydrogen-bond donors (Lipinski definition) is 1. The second-order valence-corrected chi connectivity index (χ2v) is 7.19. The van der Waals surface area contributed by atoms with Crippen LogP contribution >= 0.6 is 11.3 Å². The molecule has 0 aliphatic rings. The molecule has 0 radical (unpaired) electrons. The van der Waals surface area contributed by atoms with Crippen LogP contribution in [0.2, 0.25) is 0 Å². The number of aromatic nitrogens is 2. The van der Waals surface area contributed by atoms with Crippen LogP contribution in [0.5, 0.6) is 11.5 Å². The van der Waals surface area contributed by atoms with Gasteiger partial charge in [-0.15, -0.1) is 0 Å². The topological polar surface area (TPSA) is 64.9 Å². The molecular weight excluding hydrogens is 374 g/mol. The van der Waals surface area contributed by atoms with E-state index in [4.69, 9.17) is 9.47 Å². The molecule has 0 fully saturated rings. The SMILES string of the molecule is COc1cccc(CNC(=O)c2cn3cc(-c4cccc(OC)c4)sc3n2)c1. The van der Waals surface area contributed by atoms with Crippen LogP contribution < -0.4 is 14.8 Å². The number of benzene rings is 2. The summed E-state index contributed by atoms with van der Waals surface area (Å²) in [6.07, 6.45) is 3.72. The fourth-order valence-corrected chi connectivity index (χ4v) is 3.83. The van der Waals surface area contributed by atoms with E-state index in [1.807, 2.05) is 59.1 Å². The summed E-state index contributed by atoms with van der Waals surface area (Å²) in [7, 11) is 3.27. The standard InChI is InChI=1S/C21H19N3O3S/c1-26-16-7-3-5-14(9-16)11-22-20(25)18-12-24-13-19(28-21(24)23-18)15-6-4-8-17(10-15)27-2/h3-10,12-13H,11H2,1-2H3,(H,22,25). The van der Waals surface area contributed by atoms with Crippen molar-refractivity contribution in [3.63, 3.8) is 0 Å². The smallest absolute Gasteiger partial charge is 0.271 e.